The van der Waals surface area contributed by atoms with Gasteiger partial charge < -0.3 is 10.4 Å². The minimum Gasteiger partial charge on any atom is -0.387 e. The Morgan fingerprint density at radius 1 is 1.20 bits per heavy atom. The number of hydrogen-bond acceptors (Lipinski definition) is 2. The molecule has 0 amide bonds. The molecule has 15 heavy (non-hydrogen) atoms. The van der Waals surface area contributed by atoms with Crippen molar-refractivity contribution in [1.29, 1.82) is 0 Å². The fourth-order valence-electron chi connectivity index (χ4n) is 1.53. The first-order valence-electron chi connectivity index (χ1n) is 5.78. The summed E-state index contributed by atoms with van der Waals surface area (Å²) >= 11 is 0. The van der Waals surface area contributed by atoms with Crippen LogP contribution < -0.4 is 5.32 Å². The number of hydrogen-bond donors (Lipinski definition) is 2. The van der Waals surface area contributed by atoms with Crippen molar-refractivity contribution in [1.82, 2.24) is 5.32 Å². The van der Waals surface area contributed by atoms with Crippen molar-refractivity contribution in [2.75, 3.05) is 13.1 Å². The molecule has 0 aromatic heterocycles. The zero-order valence-electron chi connectivity index (χ0n) is 9.45. The molecule has 0 heterocycles. The Labute approximate surface area is 92.3 Å². The largest absolute Gasteiger partial charge is 0.387 e. The first-order valence-corrected chi connectivity index (χ1v) is 5.78. The molecule has 0 bridgehead atoms. The summed E-state index contributed by atoms with van der Waals surface area (Å²) in [5, 5.41) is 13.1. The SMILES string of the molecule is CCCCCNC[C@H](O)c1ccccc1. The normalized spacial score (nSPS) is 12.7. The van der Waals surface area contributed by atoms with Crippen LogP contribution in [-0.2, 0) is 0 Å². The molecule has 1 atom stereocenters. The third-order valence-electron chi connectivity index (χ3n) is 2.48. The topological polar surface area (TPSA) is 32.3 Å². The maximum Gasteiger partial charge on any atom is 0.0914 e. The number of unbranched alkanes of at least 4 members (excludes halogenated alkanes) is 2. The van der Waals surface area contributed by atoms with Gasteiger partial charge in [0.2, 0.25) is 0 Å². The molecule has 0 aliphatic carbocycles. The van der Waals surface area contributed by atoms with E-state index in [0.717, 1.165) is 12.1 Å². The van der Waals surface area contributed by atoms with E-state index in [2.05, 4.69) is 12.2 Å². The average Bonchev–Trinajstić information content (AvgIpc) is 2.30. The van der Waals surface area contributed by atoms with Crippen molar-refractivity contribution >= 4 is 0 Å². The lowest BCUT2D eigenvalue weighted by Crippen LogP contribution is -2.22. The van der Waals surface area contributed by atoms with Gasteiger partial charge in [0.25, 0.3) is 0 Å². The summed E-state index contributed by atoms with van der Waals surface area (Å²) in [5.74, 6) is 0. The summed E-state index contributed by atoms with van der Waals surface area (Å²) in [7, 11) is 0. The lowest BCUT2D eigenvalue weighted by atomic mass is 10.1. The molecule has 0 unspecified atom stereocenters. The van der Waals surface area contributed by atoms with Crippen molar-refractivity contribution in [3.05, 3.63) is 35.9 Å². The van der Waals surface area contributed by atoms with Gasteiger partial charge in [0.1, 0.15) is 0 Å². The number of rotatable bonds is 7. The third kappa shape index (κ3) is 4.96. The molecule has 0 radical (unpaired) electrons. The van der Waals surface area contributed by atoms with Crippen molar-refractivity contribution in [2.45, 2.75) is 32.3 Å². The second-order valence-corrected chi connectivity index (χ2v) is 3.84. The van der Waals surface area contributed by atoms with Gasteiger partial charge in [-0.05, 0) is 18.5 Å². The molecule has 0 spiro atoms. The highest BCUT2D eigenvalue weighted by Gasteiger charge is 2.04. The molecule has 0 saturated carbocycles. The van der Waals surface area contributed by atoms with Crippen molar-refractivity contribution in [2.24, 2.45) is 0 Å². The summed E-state index contributed by atoms with van der Waals surface area (Å²) in [4.78, 5) is 0. The highest BCUT2D eigenvalue weighted by molar-refractivity contribution is 5.17. The Morgan fingerprint density at radius 3 is 2.60 bits per heavy atom. The molecule has 1 aromatic carbocycles. The van der Waals surface area contributed by atoms with E-state index in [4.69, 9.17) is 0 Å². The summed E-state index contributed by atoms with van der Waals surface area (Å²) < 4.78 is 0. The second kappa shape index (κ2) is 7.43. The highest BCUT2D eigenvalue weighted by atomic mass is 16.3. The van der Waals surface area contributed by atoms with Crippen LogP contribution in [0.15, 0.2) is 30.3 Å². The monoisotopic (exact) mass is 207 g/mol. The maximum atomic E-state index is 9.81. The second-order valence-electron chi connectivity index (χ2n) is 3.84. The molecule has 2 heteroatoms. The Balaban J connectivity index is 2.16. The molecular formula is C13H21NO. The van der Waals surface area contributed by atoms with Crippen molar-refractivity contribution in [3.63, 3.8) is 0 Å². The summed E-state index contributed by atoms with van der Waals surface area (Å²) in [6.07, 6.45) is 3.31. The first kappa shape index (κ1) is 12.2. The summed E-state index contributed by atoms with van der Waals surface area (Å²) in [6, 6.07) is 9.78. The van der Waals surface area contributed by atoms with Crippen molar-refractivity contribution in [3.8, 4) is 0 Å². The lowest BCUT2D eigenvalue weighted by Gasteiger charge is -2.11. The number of benzene rings is 1. The van der Waals surface area contributed by atoms with Gasteiger partial charge in [-0.15, -0.1) is 0 Å². The van der Waals surface area contributed by atoms with Gasteiger partial charge >= 0.3 is 0 Å². The molecule has 1 rings (SSSR count). The van der Waals surface area contributed by atoms with Crippen LogP contribution in [0, 0.1) is 0 Å². The first-order chi connectivity index (χ1) is 7.34. The van der Waals surface area contributed by atoms with Gasteiger partial charge in [0, 0.05) is 6.54 Å². The number of nitrogens with one attached hydrogen (secondary N) is 1. The van der Waals surface area contributed by atoms with Gasteiger partial charge in [-0.25, -0.2) is 0 Å². The maximum absolute atomic E-state index is 9.81. The summed E-state index contributed by atoms with van der Waals surface area (Å²) in [5.41, 5.74) is 0.987. The predicted molar refractivity (Wildman–Crippen MR) is 63.8 cm³/mol. The molecule has 2 N–H and O–H groups in total. The zero-order chi connectivity index (χ0) is 10.9. The quantitative estimate of drug-likeness (QED) is 0.673. The van der Waals surface area contributed by atoms with E-state index >= 15 is 0 Å². The lowest BCUT2D eigenvalue weighted by molar-refractivity contribution is 0.174. The fraction of sp³-hybridized carbons (Fsp3) is 0.538. The van der Waals surface area contributed by atoms with Crippen LogP contribution in [-0.4, -0.2) is 18.2 Å². The summed E-state index contributed by atoms with van der Waals surface area (Å²) in [6.45, 7) is 3.84. The standard InChI is InChI=1S/C13H21NO/c1-2-3-7-10-14-11-13(15)12-8-5-4-6-9-12/h4-6,8-9,13-15H,2-3,7,10-11H2,1H3/t13-/m0/s1. The molecular weight excluding hydrogens is 186 g/mol. The number of aliphatic hydroxyl groups excluding tert-OH is 1. The Hall–Kier alpha value is -0.860. The minimum atomic E-state index is -0.382. The minimum absolute atomic E-state index is 0.382. The molecule has 1 aromatic rings. The van der Waals surface area contributed by atoms with Gasteiger partial charge in [-0.1, -0.05) is 50.1 Å². The molecule has 84 valence electrons. The zero-order valence-corrected chi connectivity index (χ0v) is 9.45. The predicted octanol–water partition coefficient (Wildman–Crippen LogP) is 2.50. The van der Waals surface area contributed by atoms with E-state index in [1.54, 1.807) is 0 Å². The molecule has 0 fully saturated rings. The molecule has 0 aliphatic rings. The van der Waals surface area contributed by atoms with Crippen LogP contribution in [0.3, 0.4) is 0 Å². The van der Waals surface area contributed by atoms with E-state index < -0.39 is 0 Å². The average molecular weight is 207 g/mol. The number of aliphatic hydroxyl groups is 1. The van der Waals surface area contributed by atoms with Crippen LogP contribution in [0.2, 0.25) is 0 Å². The van der Waals surface area contributed by atoms with E-state index in [-0.39, 0.29) is 6.10 Å². The van der Waals surface area contributed by atoms with Crippen LogP contribution in [0.5, 0.6) is 0 Å². The van der Waals surface area contributed by atoms with Crippen LogP contribution in [0.1, 0.15) is 37.9 Å². The third-order valence-corrected chi connectivity index (χ3v) is 2.48. The van der Waals surface area contributed by atoms with Gasteiger partial charge in [-0.3, -0.25) is 0 Å². The Morgan fingerprint density at radius 2 is 1.93 bits per heavy atom. The van der Waals surface area contributed by atoms with E-state index in [9.17, 15) is 5.11 Å². The van der Waals surface area contributed by atoms with Gasteiger partial charge in [0.15, 0.2) is 0 Å². The Bertz CT molecular complexity index is 248. The van der Waals surface area contributed by atoms with Crippen LogP contribution in [0.4, 0.5) is 0 Å². The van der Waals surface area contributed by atoms with Crippen LogP contribution >= 0.6 is 0 Å². The van der Waals surface area contributed by atoms with E-state index in [1.807, 2.05) is 30.3 Å². The van der Waals surface area contributed by atoms with Crippen LogP contribution in [0.25, 0.3) is 0 Å². The highest BCUT2D eigenvalue weighted by Crippen LogP contribution is 2.10. The van der Waals surface area contributed by atoms with Crippen molar-refractivity contribution < 1.29 is 5.11 Å². The fourth-order valence-corrected chi connectivity index (χ4v) is 1.53. The van der Waals surface area contributed by atoms with E-state index in [0.29, 0.717) is 6.54 Å². The van der Waals surface area contributed by atoms with Gasteiger partial charge in [-0.2, -0.15) is 0 Å². The Kier molecular flexibility index (Phi) is 6.05. The van der Waals surface area contributed by atoms with E-state index in [1.165, 1.54) is 19.3 Å². The molecule has 0 saturated heterocycles. The molecule has 2 nitrogen and oxygen atoms in total. The smallest absolute Gasteiger partial charge is 0.0914 e. The molecule has 0 aliphatic heterocycles. The van der Waals surface area contributed by atoms with Gasteiger partial charge in [0.05, 0.1) is 6.10 Å².